The van der Waals surface area contributed by atoms with Crippen LogP contribution in [0.1, 0.15) is 13.3 Å². The summed E-state index contributed by atoms with van der Waals surface area (Å²) in [5.41, 5.74) is 7.13. The number of amides is 1. The summed E-state index contributed by atoms with van der Waals surface area (Å²) in [6, 6.07) is 7.21. The van der Waals surface area contributed by atoms with E-state index >= 15 is 0 Å². The molecule has 0 fully saturated rings. The van der Waals surface area contributed by atoms with Crippen molar-refractivity contribution in [2.45, 2.75) is 18.6 Å². The number of aliphatic hydroxyl groups is 1. The van der Waals surface area contributed by atoms with Crippen molar-refractivity contribution in [3.63, 3.8) is 0 Å². The highest BCUT2D eigenvalue weighted by Gasteiger charge is 2.12. The normalized spacial score (nSPS) is 12.2. The van der Waals surface area contributed by atoms with E-state index in [1.807, 2.05) is 19.1 Å². The molecule has 0 radical (unpaired) electrons. The number of aliphatic hydroxyl groups excluding tert-OH is 1. The van der Waals surface area contributed by atoms with Gasteiger partial charge in [0, 0.05) is 30.3 Å². The molecule has 3 N–H and O–H groups in total. The minimum Gasteiger partial charge on any atom is -0.399 e. The van der Waals surface area contributed by atoms with Gasteiger partial charge in [-0.05, 0) is 30.7 Å². The summed E-state index contributed by atoms with van der Waals surface area (Å²) in [4.78, 5) is 13.6. The van der Waals surface area contributed by atoms with Gasteiger partial charge in [0.2, 0.25) is 5.91 Å². The molecule has 100 valence electrons. The number of benzene rings is 1. The summed E-state index contributed by atoms with van der Waals surface area (Å²) in [7, 11) is 1.76. The predicted molar refractivity (Wildman–Crippen MR) is 77.9 cm³/mol. The molecule has 0 spiro atoms. The van der Waals surface area contributed by atoms with E-state index in [4.69, 9.17) is 10.8 Å². The number of rotatable bonds is 6. The number of nitrogens with two attached hydrogens (primary N) is 1. The molecule has 0 heterocycles. The zero-order valence-corrected chi connectivity index (χ0v) is 11.6. The Labute approximate surface area is 112 Å². The molecule has 0 aliphatic rings. The van der Waals surface area contributed by atoms with Crippen LogP contribution in [-0.2, 0) is 4.79 Å². The van der Waals surface area contributed by atoms with Crippen LogP contribution in [0.3, 0.4) is 0 Å². The van der Waals surface area contributed by atoms with E-state index in [0.29, 0.717) is 23.1 Å². The number of hydrogen-bond donors (Lipinski definition) is 2. The minimum absolute atomic E-state index is 0.0505. The van der Waals surface area contributed by atoms with Crippen LogP contribution < -0.4 is 10.6 Å². The van der Waals surface area contributed by atoms with E-state index in [0.717, 1.165) is 5.69 Å². The molecule has 1 rings (SSSR count). The van der Waals surface area contributed by atoms with E-state index in [1.165, 1.54) is 0 Å². The fraction of sp³-hybridized carbons (Fsp3) is 0.462. The van der Waals surface area contributed by atoms with Crippen molar-refractivity contribution in [3.05, 3.63) is 24.3 Å². The Morgan fingerprint density at radius 3 is 2.61 bits per heavy atom. The standard InChI is InChI=1S/C13H20N2O2S/c1-10(7-8-16)18-9-13(17)15(2)12-5-3-11(14)4-6-12/h3-6,10,16H,7-9,14H2,1-2H3. The van der Waals surface area contributed by atoms with Crippen LogP contribution in [-0.4, -0.2) is 35.7 Å². The van der Waals surface area contributed by atoms with Crippen molar-refractivity contribution in [2.75, 3.05) is 30.0 Å². The van der Waals surface area contributed by atoms with Crippen LogP contribution in [0.5, 0.6) is 0 Å². The quantitative estimate of drug-likeness (QED) is 0.771. The van der Waals surface area contributed by atoms with Crippen molar-refractivity contribution in [3.8, 4) is 0 Å². The lowest BCUT2D eigenvalue weighted by Crippen LogP contribution is -2.28. The Kier molecular flexibility index (Phi) is 6.01. The fourth-order valence-corrected chi connectivity index (χ4v) is 2.31. The first-order valence-corrected chi connectivity index (χ1v) is 6.94. The Morgan fingerprint density at radius 2 is 2.06 bits per heavy atom. The summed E-state index contributed by atoms with van der Waals surface area (Å²) in [6.07, 6.45) is 0.712. The molecule has 1 aromatic carbocycles. The molecule has 1 unspecified atom stereocenters. The lowest BCUT2D eigenvalue weighted by atomic mass is 10.2. The van der Waals surface area contributed by atoms with Gasteiger partial charge in [-0.15, -0.1) is 11.8 Å². The van der Waals surface area contributed by atoms with E-state index in [2.05, 4.69) is 0 Å². The van der Waals surface area contributed by atoms with Gasteiger partial charge in [-0.2, -0.15) is 0 Å². The van der Waals surface area contributed by atoms with Gasteiger partial charge in [-0.25, -0.2) is 0 Å². The number of nitrogen functional groups attached to an aromatic ring is 1. The van der Waals surface area contributed by atoms with Gasteiger partial charge in [0.15, 0.2) is 0 Å². The summed E-state index contributed by atoms with van der Waals surface area (Å²) < 4.78 is 0. The van der Waals surface area contributed by atoms with Gasteiger partial charge in [-0.1, -0.05) is 6.92 Å². The molecule has 0 aliphatic carbocycles. The molecule has 0 aromatic heterocycles. The van der Waals surface area contributed by atoms with Gasteiger partial charge in [0.05, 0.1) is 5.75 Å². The maximum absolute atomic E-state index is 11.9. The smallest absolute Gasteiger partial charge is 0.236 e. The highest BCUT2D eigenvalue weighted by atomic mass is 32.2. The third kappa shape index (κ3) is 4.58. The van der Waals surface area contributed by atoms with Crippen LogP contribution in [0.25, 0.3) is 0 Å². The maximum Gasteiger partial charge on any atom is 0.236 e. The first kappa shape index (κ1) is 14.9. The van der Waals surface area contributed by atoms with Crippen molar-refractivity contribution in [2.24, 2.45) is 0 Å². The first-order chi connectivity index (χ1) is 8.54. The molecule has 5 heteroatoms. The topological polar surface area (TPSA) is 66.6 Å². The summed E-state index contributed by atoms with van der Waals surface area (Å²) in [5, 5.41) is 9.09. The van der Waals surface area contributed by atoms with Crippen LogP contribution in [0, 0.1) is 0 Å². The number of thioether (sulfide) groups is 1. The van der Waals surface area contributed by atoms with Crippen molar-refractivity contribution in [1.29, 1.82) is 0 Å². The molecule has 0 aliphatic heterocycles. The number of nitrogens with zero attached hydrogens (tertiary/aromatic N) is 1. The Hall–Kier alpha value is -1.20. The molecule has 0 saturated carbocycles. The molecule has 1 aromatic rings. The average Bonchev–Trinajstić information content (AvgIpc) is 2.36. The van der Waals surface area contributed by atoms with Gasteiger partial charge in [0.25, 0.3) is 0 Å². The maximum atomic E-state index is 11.9. The number of hydrogen-bond acceptors (Lipinski definition) is 4. The zero-order chi connectivity index (χ0) is 13.5. The molecule has 18 heavy (non-hydrogen) atoms. The van der Waals surface area contributed by atoms with Gasteiger partial charge in [-0.3, -0.25) is 4.79 Å². The van der Waals surface area contributed by atoms with Crippen molar-refractivity contribution >= 4 is 29.0 Å². The second-order valence-electron chi connectivity index (χ2n) is 4.18. The largest absolute Gasteiger partial charge is 0.399 e. The molecular weight excluding hydrogens is 248 g/mol. The SMILES string of the molecule is CC(CCO)SCC(=O)N(C)c1ccc(N)cc1. The van der Waals surface area contributed by atoms with Gasteiger partial charge >= 0.3 is 0 Å². The van der Waals surface area contributed by atoms with Crippen molar-refractivity contribution in [1.82, 2.24) is 0 Å². The lowest BCUT2D eigenvalue weighted by Gasteiger charge is -2.18. The van der Waals surface area contributed by atoms with Gasteiger partial charge < -0.3 is 15.7 Å². The monoisotopic (exact) mass is 268 g/mol. The molecule has 0 saturated heterocycles. The minimum atomic E-state index is 0.0505. The third-order valence-corrected chi connectivity index (χ3v) is 3.90. The van der Waals surface area contributed by atoms with Crippen molar-refractivity contribution < 1.29 is 9.90 Å². The average molecular weight is 268 g/mol. The molecule has 1 amide bonds. The van der Waals surface area contributed by atoms with Crippen LogP contribution in [0.2, 0.25) is 0 Å². The Balaban J connectivity index is 2.48. The first-order valence-electron chi connectivity index (χ1n) is 5.89. The number of anilines is 2. The van der Waals surface area contributed by atoms with E-state index in [9.17, 15) is 4.79 Å². The Bertz CT molecular complexity index is 381. The Morgan fingerprint density at radius 1 is 1.44 bits per heavy atom. The molecular formula is C13H20N2O2S. The predicted octanol–water partition coefficient (Wildman–Crippen LogP) is 1.74. The van der Waals surface area contributed by atoms with E-state index in [1.54, 1.807) is 35.8 Å². The molecule has 4 nitrogen and oxygen atoms in total. The highest BCUT2D eigenvalue weighted by Crippen LogP contribution is 2.18. The number of carbonyl (C=O) groups is 1. The van der Waals surface area contributed by atoms with Crippen LogP contribution in [0.4, 0.5) is 11.4 Å². The van der Waals surface area contributed by atoms with Crippen LogP contribution >= 0.6 is 11.8 Å². The second-order valence-corrected chi connectivity index (χ2v) is 5.60. The molecule has 1 atom stereocenters. The lowest BCUT2D eigenvalue weighted by molar-refractivity contribution is -0.115. The summed E-state index contributed by atoms with van der Waals surface area (Å²) in [5.74, 6) is 0.469. The highest BCUT2D eigenvalue weighted by molar-refractivity contribution is 8.00. The zero-order valence-electron chi connectivity index (χ0n) is 10.8. The summed E-state index contributed by atoms with van der Waals surface area (Å²) in [6.45, 7) is 2.17. The third-order valence-electron chi connectivity index (χ3n) is 2.68. The summed E-state index contributed by atoms with van der Waals surface area (Å²) >= 11 is 1.56. The van der Waals surface area contributed by atoms with Gasteiger partial charge in [0.1, 0.15) is 0 Å². The van der Waals surface area contributed by atoms with E-state index < -0.39 is 0 Å². The van der Waals surface area contributed by atoms with E-state index in [-0.39, 0.29) is 12.5 Å². The number of carbonyl (C=O) groups excluding carboxylic acids is 1. The molecule has 0 bridgehead atoms. The second kappa shape index (κ2) is 7.28. The fourth-order valence-electron chi connectivity index (χ4n) is 1.42. The van der Waals surface area contributed by atoms with Crippen LogP contribution in [0.15, 0.2) is 24.3 Å².